The van der Waals surface area contributed by atoms with Crippen molar-refractivity contribution in [3.8, 4) is 0 Å². The van der Waals surface area contributed by atoms with Crippen molar-refractivity contribution in [1.29, 1.82) is 0 Å². The number of fused-ring (bicyclic) bond motifs is 1. The van der Waals surface area contributed by atoms with Crippen molar-refractivity contribution in [2.45, 2.75) is 0 Å². The Morgan fingerprint density at radius 3 is 2.25 bits per heavy atom. The lowest BCUT2D eigenvalue weighted by molar-refractivity contribution is 0.275. The molecule has 0 bridgehead atoms. The number of nitrogen functional groups attached to an aromatic ring is 1. The third kappa shape index (κ3) is 4.86. The molecule has 0 fully saturated rings. The third-order valence-corrected chi connectivity index (χ3v) is 1.62. The second-order valence-corrected chi connectivity index (χ2v) is 3.97. The highest BCUT2D eigenvalue weighted by atomic mass is 31.2. The van der Waals surface area contributed by atoms with Gasteiger partial charge in [-0.3, -0.25) is 0 Å². The molecule has 0 atom stereocenters. The maximum atomic E-state index is 8.88. The molecular weight excluding hydrogens is 231 g/mol. The Hall–Kier alpha value is -1.46. The van der Waals surface area contributed by atoms with Crippen LogP contribution < -0.4 is 5.73 Å². The highest BCUT2D eigenvalue weighted by Gasteiger charge is 2.00. The number of aromatic nitrogens is 1. The summed E-state index contributed by atoms with van der Waals surface area (Å²) in [4.78, 5) is 25.7. The molecule has 5 N–H and O–H groups in total. The molecule has 2 rings (SSSR count). The summed E-state index contributed by atoms with van der Waals surface area (Å²) in [5.41, 5.74) is 6.46. The van der Waals surface area contributed by atoms with E-state index in [-0.39, 0.29) is 0 Å². The summed E-state index contributed by atoms with van der Waals surface area (Å²) in [6.07, 6.45) is 0. The van der Waals surface area contributed by atoms with Crippen molar-refractivity contribution in [3.63, 3.8) is 0 Å². The second kappa shape index (κ2) is 5.05. The van der Waals surface area contributed by atoms with Crippen LogP contribution in [0.3, 0.4) is 0 Å². The number of anilines is 1. The van der Waals surface area contributed by atoms with Crippen molar-refractivity contribution >= 4 is 24.5 Å². The summed E-state index contributed by atoms with van der Waals surface area (Å²) >= 11 is 0. The molecule has 0 unspecified atom stereocenters. The zero-order chi connectivity index (χ0) is 12.2. The SMILES string of the molecule is Nc1ccc2ccccc2n1.O=P(O)(O)O. The number of hydrogen-bond donors (Lipinski definition) is 4. The number of nitrogens with zero attached hydrogens (tertiary/aromatic N) is 1. The molecule has 0 aliphatic heterocycles. The summed E-state index contributed by atoms with van der Waals surface area (Å²) in [6.45, 7) is 0. The number of para-hydroxylation sites is 1. The minimum atomic E-state index is -4.64. The minimum Gasteiger partial charge on any atom is -0.384 e. The number of rotatable bonds is 0. The van der Waals surface area contributed by atoms with E-state index in [1.165, 1.54) is 0 Å². The molecule has 0 aliphatic carbocycles. The van der Waals surface area contributed by atoms with Crippen LogP contribution in [-0.4, -0.2) is 19.7 Å². The maximum Gasteiger partial charge on any atom is 0.466 e. The van der Waals surface area contributed by atoms with Crippen molar-refractivity contribution in [2.75, 3.05) is 5.73 Å². The zero-order valence-electron chi connectivity index (χ0n) is 8.19. The van der Waals surface area contributed by atoms with Crippen LogP contribution in [0.15, 0.2) is 36.4 Å². The molecule has 86 valence electrons. The van der Waals surface area contributed by atoms with Gasteiger partial charge in [0, 0.05) is 5.39 Å². The molecule has 0 radical (unpaired) electrons. The fourth-order valence-electron chi connectivity index (χ4n) is 1.08. The van der Waals surface area contributed by atoms with Gasteiger partial charge in [0.2, 0.25) is 0 Å². The molecule has 0 saturated heterocycles. The number of nitrogens with two attached hydrogens (primary N) is 1. The largest absolute Gasteiger partial charge is 0.466 e. The van der Waals surface area contributed by atoms with E-state index in [2.05, 4.69) is 4.98 Å². The number of hydrogen-bond acceptors (Lipinski definition) is 3. The van der Waals surface area contributed by atoms with Crippen LogP contribution in [0.2, 0.25) is 0 Å². The van der Waals surface area contributed by atoms with Gasteiger partial charge in [0.05, 0.1) is 5.52 Å². The van der Waals surface area contributed by atoms with E-state index in [4.69, 9.17) is 25.0 Å². The molecule has 0 amide bonds. The van der Waals surface area contributed by atoms with Gasteiger partial charge in [0.25, 0.3) is 0 Å². The Morgan fingerprint density at radius 2 is 1.62 bits per heavy atom. The van der Waals surface area contributed by atoms with Crippen molar-refractivity contribution in [3.05, 3.63) is 36.4 Å². The van der Waals surface area contributed by atoms with Gasteiger partial charge >= 0.3 is 7.82 Å². The van der Waals surface area contributed by atoms with Crippen molar-refractivity contribution in [1.82, 2.24) is 4.98 Å². The van der Waals surface area contributed by atoms with E-state index in [0.717, 1.165) is 10.9 Å². The first-order valence-corrected chi connectivity index (χ1v) is 5.82. The van der Waals surface area contributed by atoms with E-state index < -0.39 is 7.82 Å². The van der Waals surface area contributed by atoms with Crippen LogP contribution in [0.1, 0.15) is 0 Å². The lowest BCUT2D eigenvalue weighted by Gasteiger charge is -1.95. The average Bonchev–Trinajstić information content (AvgIpc) is 2.15. The molecule has 6 nitrogen and oxygen atoms in total. The molecule has 0 spiro atoms. The van der Waals surface area contributed by atoms with E-state index in [1.807, 2.05) is 36.4 Å². The van der Waals surface area contributed by atoms with Crippen LogP contribution in [0.25, 0.3) is 10.9 Å². The Labute approximate surface area is 91.6 Å². The first-order chi connectivity index (χ1) is 7.36. The van der Waals surface area contributed by atoms with E-state index in [1.54, 1.807) is 0 Å². The van der Waals surface area contributed by atoms with E-state index >= 15 is 0 Å². The summed E-state index contributed by atoms with van der Waals surface area (Å²) < 4.78 is 8.88. The lowest BCUT2D eigenvalue weighted by Crippen LogP contribution is -1.88. The zero-order valence-corrected chi connectivity index (χ0v) is 9.08. The van der Waals surface area contributed by atoms with E-state index in [9.17, 15) is 0 Å². The normalized spacial score (nSPS) is 10.7. The molecule has 7 heteroatoms. The number of phosphoric acid groups is 1. The van der Waals surface area contributed by atoms with Gasteiger partial charge in [-0.15, -0.1) is 0 Å². The molecule has 1 aromatic heterocycles. The average molecular weight is 242 g/mol. The van der Waals surface area contributed by atoms with Gasteiger partial charge in [-0.25, -0.2) is 9.55 Å². The van der Waals surface area contributed by atoms with Gasteiger partial charge < -0.3 is 20.4 Å². The highest BCUT2D eigenvalue weighted by Crippen LogP contribution is 2.25. The Morgan fingerprint density at radius 1 is 1.06 bits per heavy atom. The van der Waals surface area contributed by atoms with Crippen molar-refractivity contribution in [2.24, 2.45) is 0 Å². The molecule has 2 aromatic rings. The summed E-state index contributed by atoms with van der Waals surface area (Å²) in [7, 11) is -4.64. The fraction of sp³-hybridized carbons (Fsp3) is 0. The molecule has 1 heterocycles. The van der Waals surface area contributed by atoms with Crippen LogP contribution in [0.5, 0.6) is 0 Å². The number of benzene rings is 1. The van der Waals surface area contributed by atoms with Gasteiger partial charge in [-0.1, -0.05) is 18.2 Å². The fourth-order valence-corrected chi connectivity index (χ4v) is 1.08. The summed E-state index contributed by atoms with van der Waals surface area (Å²) in [5, 5.41) is 1.13. The molecule has 16 heavy (non-hydrogen) atoms. The monoisotopic (exact) mass is 242 g/mol. The van der Waals surface area contributed by atoms with Crippen LogP contribution in [-0.2, 0) is 4.57 Å². The standard InChI is InChI=1S/C9H8N2.H3O4P/c10-9-6-5-7-3-1-2-4-8(7)11-9;1-5(2,3)4/h1-6H,(H2,10,11);(H3,1,2,3,4). The maximum absolute atomic E-state index is 8.88. The lowest BCUT2D eigenvalue weighted by atomic mass is 10.2. The quantitative estimate of drug-likeness (QED) is 0.509. The van der Waals surface area contributed by atoms with Gasteiger partial charge in [-0.2, -0.15) is 0 Å². The van der Waals surface area contributed by atoms with Gasteiger partial charge in [0.15, 0.2) is 0 Å². The molecular formula is C9H11N2O4P. The summed E-state index contributed by atoms with van der Waals surface area (Å²) in [5.74, 6) is 0.573. The highest BCUT2D eigenvalue weighted by molar-refractivity contribution is 7.45. The first kappa shape index (κ1) is 12.6. The van der Waals surface area contributed by atoms with E-state index in [0.29, 0.717) is 5.82 Å². The van der Waals surface area contributed by atoms with Crippen LogP contribution in [0, 0.1) is 0 Å². The van der Waals surface area contributed by atoms with Crippen LogP contribution >= 0.6 is 7.82 Å². The predicted molar refractivity (Wildman–Crippen MR) is 60.4 cm³/mol. The molecule has 0 saturated carbocycles. The second-order valence-electron chi connectivity index (χ2n) is 2.94. The first-order valence-electron chi connectivity index (χ1n) is 4.26. The van der Waals surface area contributed by atoms with Gasteiger partial charge in [0.1, 0.15) is 5.82 Å². The topological polar surface area (TPSA) is 117 Å². The predicted octanol–water partition coefficient (Wildman–Crippen LogP) is 0.888. The molecule has 0 aliphatic rings. The van der Waals surface area contributed by atoms with Gasteiger partial charge in [-0.05, 0) is 18.2 Å². The van der Waals surface area contributed by atoms with Crippen LogP contribution in [0.4, 0.5) is 5.82 Å². The molecule has 1 aromatic carbocycles. The Bertz CT molecular complexity index is 517. The third-order valence-electron chi connectivity index (χ3n) is 1.62. The Balaban J connectivity index is 0.000000221. The number of pyridine rings is 1. The smallest absolute Gasteiger partial charge is 0.384 e. The van der Waals surface area contributed by atoms with Crippen molar-refractivity contribution < 1.29 is 19.2 Å². The minimum absolute atomic E-state index is 0.573. The summed E-state index contributed by atoms with van der Waals surface area (Å²) in [6, 6.07) is 11.7. The Kier molecular flexibility index (Phi) is 3.98.